The topological polar surface area (TPSA) is 259 Å². The summed E-state index contributed by atoms with van der Waals surface area (Å²) in [6.45, 7) is 0.563. The molecule has 0 aliphatic rings. The lowest BCUT2D eigenvalue weighted by Gasteiger charge is -2.25. The summed E-state index contributed by atoms with van der Waals surface area (Å²) in [6.07, 6.45) is 1.03. The van der Waals surface area contributed by atoms with Crippen molar-refractivity contribution in [3.8, 4) is 0 Å². The van der Waals surface area contributed by atoms with E-state index in [4.69, 9.17) is 21.9 Å². The van der Waals surface area contributed by atoms with E-state index in [0.29, 0.717) is 25.8 Å². The third kappa shape index (κ3) is 17.1. The molecule has 53 heavy (non-hydrogen) atoms. The number of aliphatic imine (C=N–C) groups is 1. The van der Waals surface area contributed by atoms with Crippen LogP contribution in [0.2, 0.25) is 0 Å². The average molecular weight is 777 g/mol. The minimum atomic E-state index is -1.16. The molecular weight excluding hydrogens is 729 g/mol. The van der Waals surface area contributed by atoms with Crippen molar-refractivity contribution in [1.29, 1.82) is 0 Å². The lowest BCUT2D eigenvalue weighted by atomic mass is 10.0. The first-order valence-corrected chi connectivity index (χ1v) is 16.5. The van der Waals surface area contributed by atoms with Crippen LogP contribution in [0.1, 0.15) is 43.2 Å². The molecule has 3 rings (SSSR count). The summed E-state index contributed by atoms with van der Waals surface area (Å²) < 4.78 is 5.33. The molecule has 0 aliphatic carbocycles. The van der Waals surface area contributed by atoms with E-state index in [1.807, 2.05) is 24.3 Å². The number of nitro benzene ring substituents is 1. The van der Waals surface area contributed by atoms with Crippen molar-refractivity contribution in [3.05, 3.63) is 106 Å². The number of hydrogen-bond donors (Lipinski definition) is 7. The minimum Gasteiger partial charge on any atom is -0.445 e. The highest BCUT2D eigenvalue weighted by Gasteiger charge is 2.30. The number of guanidine groups is 1. The van der Waals surface area contributed by atoms with Crippen LogP contribution in [-0.2, 0) is 32.1 Å². The first-order valence-electron chi connectivity index (χ1n) is 16.5. The van der Waals surface area contributed by atoms with Gasteiger partial charge in [0.05, 0.1) is 4.92 Å². The second-order valence-electron chi connectivity index (χ2n) is 11.6. The fourth-order valence-corrected chi connectivity index (χ4v) is 4.94. The highest BCUT2D eigenvalue weighted by Crippen LogP contribution is 2.16. The van der Waals surface area contributed by atoms with Crippen LogP contribution in [0.25, 0.3) is 0 Å². The summed E-state index contributed by atoms with van der Waals surface area (Å²) >= 11 is 0. The first kappa shape index (κ1) is 45.6. The monoisotopic (exact) mass is 775 g/mol. The number of amides is 4. The van der Waals surface area contributed by atoms with Crippen molar-refractivity contribution < 1.29 is 28.8 Å². The van der Waals surface area contributed by atoms with E-state index >= 15 is 0 Å². The van der Waals surface area contributed by atoms with Gasteiger partial charge in [-0.1, -0.05) is 60.7 Å². The van der Waals surface area contributed by atoms with Crippen molar-refractivity contribution in [3.63, 3.8) is 0 Å². The molecule has 0 spiro atoms. The van der Waals surface area contributed by atoms with Gasteiger partial charge in [0.1, 0.15) is 24.7 Å². The molecule has 0 fully saturated rings. The maximum Gasteiger partial charge on any atom is 0.408 e. The third-order valence-electron chi connectivity index (χ3n) is 7.61. The van der Waals surface area contributed by atoms with Crippen molar-refractivity contribution >= 4 is 66.0 Å². The summed E-state index contributed by atoms with van der Waals surface area (Å²) in [5, 5.41) is 21.8. The van der Waals surface area contributed by atoms with E-state index in [9.17, 15) is 29.3 Å². The van der Waals surface area contributed by atoms with Gasteiger partial charge in [-0.25, -0.2) is 4.79 Å². The number of ether oxygens (including phenoxy) is 1. The van der Waals surface area contributed by atoms with Crippen LogP contribution >= 0.6 is 24.8 Å². The molecule has 0 heterocycles. The number of carbonyl (C=O) groups excluding carboxylic acids is 4. The number of anilines is 1. The number of benzene rings is 3. The largest absolute Gasteiger partial charge is 0.445 e. The molecule has 0 radical (unpaired) electrons. The summed E-state index contributed by atoms with van der Waals surface area (Å²) in [5.74, 6) is -2.02. The molecule has 18 heteroatoms. The molecular formula is C35H47Cl2N9O7. The van der Waals surface area contributed by atoms with Gasteiger partial charge >= 0.3 is 6.09 Å². The van der Waals surface area contributed by atoms with Crippen molar-refractivity contribution in [1.82, 2.24) is 16.0 Å². The summed E-state index contributed by atoms with van der Waals surface area (Å²) in [5.41, 5.74) is 18.1. The van der Waals surface area contributed by atoms with Gasteiger partial charge in [-0.05, 0) is 61.9 Å². The standard InChI is InChI=1S/C35H45N9O7.2ClH/c36-20-8-7-14-29(43-35(48)51-23-25-12-5-2-6-13-25)32(46)42-30(22-24-10-3-1-4-11-24)33(47)41-28(15-9-21-39-34(37)38)31(45)40-26-16-18-27(19-17-26)44(49)50;;/h1-6,10-13,16-19,28-30H,7-9,14-15,20-23,36H2,(H,40,45)(H,41,47)(H,42,46)(H,43,48)(H4,37,38,39);2*1H. The molecule has 0 saturated heterocycles. The Morgan fingerprint density at radius 1 is 0.717 bits per heavy atom. The number of halogens is 2. The van der Waals surface area contributed by atoms with Crippen LogP contribution in [-0.4, -0.2) is 65.9 Å². The van der Waals surface area contributed by atoms with Crippen LogP contribution in [0, 0.1) is 10.1 Å². The van der Waals surface area contributed by atoms with Crippen LogP contribution in [0.5, 0.6) is 0 Å². The highest BCUT2D eigenvalue weighted by molar-refractivity contribution is 5.99. The van der Waals surface area contributed by atoms with E-state index in [0.717, 1.165) is 11.1 Å². The maximum atomic E-state index is 13.9. The number of nitrogens with one attached hydrogen (secondary N) is 4. The molecule has 3 atom stereocenters. The molecule has 0 saturated carbocycles. The Hall–Kier alpha value is -5.45. The predicted octanol–water partition coefficient (Wildman–Crippen LogP) is 3.07. The zero-order valence-electron chi connectivity index (χ0n) is 29.0. The number of nitrogens with two attached hydrogens (primary N) is 3. The number of alkyl carbamates (subject to hydrolysis) is 1. The molecule has 10 N–H and O–H groups in total. The lowest BCUT2D eigenvalue weighted by molar-refractivity contribution is -0.384. The van der Waals surface area contributed by atoms with Crippen LogP contribution in [0.15, 0.2) is 89.9 Å². The number of nitro groups is 1. The predicted molar refractivity (Wildman–Crippen MR) is 207 cm³/mol. The van der Waals surface area contributed by atoms with E-state index in [1.165, 1.54) is 24.3 Å². The van der Waals surface area contributed by atoms with Gasteiger partial charge in [-0.2, -0.15) is 0 Å². The van der Waals surface area contributed by atoms with Gasteiger partial charge in [0.15, 0.2) is 5.96 Å². The Kier molecular flexibility index (Phi) is 21.2. The highest BCUT2D eigenvalue weighted by atomic mass is 35.5. The quantitative estimate of drug-likeness (QED) is 0.0290. The first-order chi connectivity index (χ1) is 24.5. The van der Waals surface area contributed by atoms with Gasteiger partial charge in [-0.3, -0.25) is 29.5 Å². The maximum absolute atomic E-state index is 13.9. The zero-order valence-corrected chi connectivity index (χ0v) is 30.6. The Labute approximate surface area is 320 Å². The molecule has 3 unspecified atom stereocenters. The van der Waals surface area contributed by atoms with Crippen molar-refractivity contribution in [2.24, 2.45) is 22.2 Å². The summed E-state index contributed by atoms with van der Waals surface area (Å²) in [4.78, 5) is 68.2. The van der Waals surface area contributed by atoms with Gasteiger partial charge in [-0.15, -0.1) is 24.8 Å². The number of hydrogen-bond acceptors (Lipinski definition) is 9. The molecule has 4 amide bonds. The number of non-ortho nitro benzene ring substituents is 1. The van der Waals surface area contributed by atoms with E-state index in [2.05, 4.69) is 26.3 Å². The summed E-state index contributed by atoms with van der Waals surface area (Å²) in [6, 6.07) is 19.9. The van der Waals surface area contributed by atoms with Crippen LogP contribution < -0.4 is 38.5 Å². The average Bonchev–Trinajstić information content (AvgIpc) is 3.12. The second-order valence-corrected chi connectivity index (χ2v) is 11.6. The van der Waals surface area contributed by atoms with E-state index in [1.54, 1.807) is 36.4 Å². The Bertz CT molecular complexity index is 1620. The smallest absolute Gasteiger partial charge is 0.408 e. The fourth-order valence-electron chi connectivity index (χ4n) is 4.94. The zero-order chi connectivity index (χ0) is 37.0. The number of rotatable bonds is 20. The Balaban J connectivity index is 0.00000702. The van der Waals surface area contributed by atoms with Crippen LogP contribution in [0.4, 0.5) is 16.2 Å². The molecule has 0 bridgehead atoms. The van der Waals surface area contributed by atoms with Gasteiger partial charge in [0, 0.05) is 30.8 Å². The van der Waals surface area contributed by atoms with Crippen molar-refractivity contribution in [2.45, 2.75) is 63.3 Å². The van der Waals surface area contributed by atoms with E-state index < -0.39 is 46.9 Å². The Morgan fingerprint density at radius 2 is 1.26 bits per heavy atom. The molecule has 0 aliphatic heterocycles. The fraction of sp³-hybridized carbons (Fsp3) is 0.343. The Morgan fingerprint density at radius 3 is 1.85 bits per heavy atom. The van der Waals surface area contributed by atoms with E-state index in [-0.39, 0.29) is 74.6 Å². The third-order valence-corrected chi connectivity index (χ3v) is 7.61. The molecule has 3 aromatic rings. The summed E-state index contributed by atoms with van der Waals surface area (Å²) in [7, 11) is 0. The lowest BCUT2D eigenvalue weighted by Crippen LogP contribution is -2.57. The number of carbonyl (C=O) groups is 4. The molecule has 288 valence electrons. The van der Waals surface area contributed by atoms with Gasteiger partial charge < -0.3 is 43.2 Å². The normalized spacial score (nSPS) is 11.9. The molecule has 0 aromatic heterocycles. The van der Waals surface area contributed by atoms with Gasteiger partial charge in [0.25, 0.3) is 5.69 Å². The molecule has 16 nitrogen and oxygen atoms in total. The second kappa shape index (κ2) is 24.7. The van der Waals surface area contributed by atoms with Gasteiger partial charge in [0.2, 0.25) is 17.7 Å². The number of nitrogens with zero attached hydrogens (tertiary/aromatic N) is 2. The van der Waals surface area contributed by atoms with Crippen molar-refractivity contribution in [2.75, 3.05) is 18.4 Å². The minimum absolute atomic E-state index is 0. The molecule has 3 aromatic carbocycles. The SMILES string of the molecule is Cl.Cl.NCCCCC(NC(=O)OCc1ccccc1)C(=O)NC(Cc1ccccc1)C(=O)NC(CCCN=C(N)N)C(=O)Nc1ccc([N+](=O)[O-])cc1. The number of unbranched alkanes of at least 4 members (excludes halogenated alkanes) is 1. The van der Waals surface area contributed by atoms with Crippen LogP contribution in [0.3, 0.4) is 0 Å².